The van der Waals surface area contributed by atoms with Crippen molar-refractivity contribution in [2.45, 2.75) is 0 Å². The second-order valence-corrected chi connectivity index (χ2v) is 4.41. The zero-order valence-corrected chi connectivity index (χ0v) is 11.7. The lowest BCUT2D eigenvalue weighted by molar-refractivity contribution is -0.384. The summed E-state index contributed by atoms with van der Waals surface area (Å²) in [5.74, 6) is 0.160. The fourth-order valence-corrected chi connectivity index (χ4v) is 1.84. The lowest BCUT2D eigenvalue weighted by Gasteiger charge is -2.00. The number of rotatable bonds is 4. The molecule has 1 aromatic heterocycles. The summed E-state index contributed by atoms with van der Waals surface area (Å²) in [7, 11) is 1.26. The van der Waals surface area contributed by atoms with E-state index in [0.717, 1.165) is 0 Å². The van der Waals surface area contributed by atoms with Crippen LogP contribution in [0.3, 0.4) is 0 Å². The minimum atomic E-state index is -0.534. The first-order chi connectivity index (χ1) is 10.0. The van der Waals surface area contributed by atoms with Crippen LogP contribution in [0.1, 0.15) is 5.76 Å². The van der Waals surface area contributed by atoms with Gasteiger partial charge in [0.25, 0.3) is 5.69 Å². The van der Waals surface area contributed by atoms with Crippen LogP contribution < -0.4 is 0 Å². The van der Waals surface area contributed by atoms with E-state index in [1.54, 1.807) is 12.1 Å². The Morgan fingerprint density at radius 2 is 2.14 bits per heavy atom. The predicted octanol–water partition coefficient (Wildman–Crippen LogP) is 3.69. The van der Waals surface area contributed by atoms with E-state index in [1.807, 2.05) is 0 Å². The van der Waals surface area contributed by atoms with Crippen LogP contribution in [0.4, 0.5) is 5.69 Å². The average Bonchev–Trinajstić information content (AvgIpc) is 2.93. The number of methoxy groups -OCH3 is 1. The molecule has 0 atom stereocenters. The summed E-state index contributed by atoms with van der Waals surface area (Å²) in [6, 6.07) is 7.47. The molecule has 0 bridgehead atoms. The van der Waals surface area contributed by atoms with Crippen LogP contribution in [0.2, 0.25) is 5.02 Å². The van der Waals surface area contributed by atoms with Crippen molar-refractivity contribution >= 4 is 29.3 Å². The third-order valence-electron chi connectivity index (χ3n) is 2.63. The second kappa shape index (κ2) is 6.23. The van der Waals surface area contributed by atoms with Crippen LogP contribution in [0.25, 0.3) is 17.4 Å². The molecule has 0 aliphatic rings. The monoisotopic (exact) mass is 307 g/mol. The standard InChI is InChI=1S/C14H10ClNO5/c1-20-14(17)7-4-10-3-6-13(21-10)11-5-2-9(15)8-12(11)16(18)19/h2-8H,1H3/b7-4+. The maximum Gasteiger partial charge on any atom is 0.330 e. The molecule has 0 aliphatic heterocycles. The van der Waals surface area contributed by atoms with Gasteiger partial charge in [-0.15, -0.1) is 0 Å². The van der Waals surface area contributed by atoms with Gasteiger partial charge in [0.1, 0.15) is 11.5 Å². The van der Waals surface area contributed by atoms with E-state index in [0.29, 0.717) is 17.1 Å². The fraction of sp³-hybridized carbons (Fsp3) is 0.0714. The van der Waals surface area contributed by atoms with E-state index in [1.165, 1.54) is 37.5 Å². The van der Waals surface area contributed by atoms with E-state index in [4.69, 9.17) is 16.0 Å². The zero-order valence-electron chi connectivity index (χ0n) is 10.9. The zero-order chi connectivity index (χ0) is 15.4. The largest absolute Gasteiger partial charge is 0.466 e. The molecule has 7 heteroatoms. The van der Waals surface area contributed by atoms with Gasteiger partial charge >= 0.3 is 5.97 Å². The molecule has 0 radical (unpaired) electrons. The van der Waals surface area contributed by atoms with Gasteiger partial charge in [0, 0.05) is 17.2 Å². The van der Waals surface area contributed by atoms with E-state index in [9.17, 15) is 14.9 Å². The van der Waals surface area contributed by atoms with Crippen LogP contribution in [0.5, 0.6) is 0 Å². The predicted molar refractivity (Wildman–Crippen MR) is 76.9 cm³/mol. The molecule has 0 saturated carbocycles. The number of carbonyl (C=O) groups excluding carboxylic acids is 1. The van der Waals surface area contributed by atoms with Crippen LogP contribution in [0.15, 0.2) is 40.8 Å². The van der Waals surface area contributed by atoms with Gasteiger partial charge in [-0.05, 0) is 30.3 Å². The maximum atomic E-state index is 11.0. The van der Waals surface area contributed by atoms with Gasteiger partial charge in [-0.2, -0.15) is 0 Å². The molecular formula is C14H10ClNO5. The lowest BCUT2D eigenvalue weighted by Crippen LogP contribution is -1.92. The Labute approximate surface area is 124 Å². The van der Waals surface area contributed by atoms with Gasteiger partial charge in [-0.3, -0.25) is 10.1 Å². The smallest absolute Gasteiger partial charge is 0.330 e. The summed E-state index contributed by atoms with van der Waals surface area (Å²) >= 11 is 5.76. The van der Waals surface area contributed by atoms with Gasteiger partial charge in [-0.25, -0.2) is 4.79 Å². The molecule has 0 N–H and O–H groups in total. The van der Waals surface area contributed by atoms with Crippen molar-refractivity contribution in [1.82, 2.24) is 0 Å². The van der Waals surface area contributed by atoms with E-state index in [-0.39, 0.29) is 10.7 Å². The highest BCUT2D eigenvalue weighted by molar-refractivity contribution is 6.30. The van der Waals surface area contributed by atoms with E-state index < -0.39 is 10.9 Å². The molecule has 0 saturated heterocycles. The number of benzene rings is 1. The summed E-state index contributed by atoms with van der Waals surface area (Å²) in [6.07, 6.45) is 2.61. The molecule has 0 spiro atoms. The average molecular weight is 308 g/mol. The molecule has 21 heavy (non-hydrogen) atoms. The maximum absolute atomic E-state index is 11.0. The van der Waals surface area contributed by atoms with E-state index in [2.05, 4.69) is 4.74 Å². The number of nitro groups is 1. The molecule has 0 aliphatic carbocycles. The number of esters is 1. The normalized spacial score (nSPS) is 10.8. The topological polar surface area (TPSA) is 82.6 Å². The quantitative estimate of drug-likeness (QED) is 0.372. The molecule has 1 aromatic carbocycles. The molecule has 0 unspecified atom stereocenters. The van der Waals surface area contributed by atoms with Crippen LogP contribution in [-0.4, -0.2) is 18.0 Å². The molecule has 1 heterocycles. The summed E-state index contributed by atoms with van der Waals surface area (Å²) in [5, 5.41) is 11.3. The molecule has 0 fully saturated rings. The number of ether oxygens (including phenoxy) is 1. The van der Waals surface area contributed by atoms with E-state index >= 15 is 0 Å². The number of carbonyl (C=O) groups is 1. The molecule has 6 nitrogen and oxygen atoms in total. The number of nitro benzene ring substituents is 1. The Morgan fingerprint density at radius 1 is 1.38 bits per heavy atom. The highest BCUT2D eigenvalue weighted by atomic mass is 35.5. The first-order valence-corrected chi connectivity index (χ1v) is 6.19. The molecule has 108 valence electrons. The number of halogens is 1. The Bertz CT molecular complexity index is 720. The molecular weight excluding hydrogens is 298 g/mol. The minimum absolute atomic E-state index is 0.152. The van der Waals surface area contributed by atoms with Gasteiger partial charge in [0.05, 0.1) is 17.6 Å². The molecule has 2 aromatic rings. The van der Waals surface area contributed by atoms with Crippen LogP contribution >= 0.6 is 11.6 Å². The van der Waals surface area contributed by atoms with Crippen molar-refractivity contribution < 1.29 is 18.9 Å². The third kappa shape index (κ3) is 3.49. The summed E-state index contributed by atoms with van der Waals surface area (Å²) < 4.78 is 9.91. The Kier molecular flexibility index (Phi) is 4.39. The van der Waals surface area contributed by atoms with Crippen molar-refractivity contribution in [1.29, 1.82) is 0 Å². The van der Waals surface area contributed by atoms with Crippen molar-refractivity contribution in [2.24, 2.45) is 0 Å². The second-order valence-electron chi connectivity index (χ2n) is 3.98. The Balaban J connectivity index is 2.36. The first-order valence-electron chi connectivity index (χ1n) is 5.81. The molecule has 2 rings (SSSR count). The SMILES string of the molecule is COC(=O)/C=C/c1ccc(-c2ccc(Cl)cc2[N+](=O)[O-])o1. The fourth-order valence-electron chi connectivity index (χ4n) is 1.67. The summed E-state index contributed by atoms with van der Waals surface area (Å²) in [6.45, 7) is 0. The minimum Gasteiger partial charge on any atom is -0.466 e. The van der Waals surface area contributed by atoms with Crippen LogP contribution in [0, 0.1) is 10.1 Å². The number of hydrogen-bond acceptors (Lipinski definition) is 5. The van der Waals surface area contributed by atoms with Crippen molar-refractivity contribution in [3.63, 3.8) is 0 Å². The number of hydrogen-bond donors (Lipinski definition) is 0. The molecule has 0 amide bonds. The third-order valence-corrected chi connectivity index (χ3v) is 2.87. The Morgan fingerprint density at radius 3 is 2.81 bits per heavy atom. The van der Waals surface area contributed by atoms with Crippen molar-refractivity contribution in [3.8, 4) is 11.3 Å². The summed E-state index contributed by atoms with van der Waals surface area (Å²) in [5.41, 5.74) is 0.155. The van der Waals surface area contributed by atoms with Gasteiger partial charge < -0.3 is 9.15 Å². The van der Waals surface area contributed by atoms with Gasteiger partial charge in [0.2, 0.25) is 0 Å². The van der Waals surface area contributed by atoms with Crippen LogP contribution in [-0.2, 0) is 9.53 Å². The van der Waals surface area contributed by atoms with Gasteiger partial charge in [0.15, 0.2) is 0 Å². The number of nitrogens with zero attached hydrogens (tertiary/aromatic N) is 1. The lowest BCUT2D eigenvalue weighted by atomic mass is 10.1. The van der Waals surface area contributed by atoms with Crippen molar-refractivity contribution in [2.75, 3.05) is 7.11 Å². The van der Waals surface area contributed by atoms with Gasteiger partial charge in [-0.1, -0.05) is 11.6 Å². The highest BCUT2D eigenvalue weighted by Gasteiger charge is 2.18. The summed E-state index contributed by atoms with van der Waals surface area (Å²) in [4.78, 5) is 21.5. The Hall–Kier alpha value is -2.60. The number of furan rings is 1. The van der Waals surface area contributed by atoms with Crippen molar-refractivity contribution in [3.05, 3.63) is 57.3 Å². The first kappa shape index (κ1) is 14.8. The highest BCUT2D eigenvalue weighted by Crippen LogP contribution is 2.33.